The van der Waals surface area contributed by atoms with E-state index in [1.807, 2.05) is 36.4 Å². The second kappa shape index (κ2) is 7.09. The average molecular weight is 311 g/mol. The molecule has 0 aliphatic carbocycles. The minimum atomic E-state index is -0.641. The third-order valence-corrected chi connectivity index (χ3v) is 4.02. The molecule has 2 nitrogen and oxygen atoms in total. The zero-order chi connectivity index (χ0) is 14.5. The molecule has 0 saturated carbocycles. The first-order chi connectivity index (χ1) is 9.63. The Kier molecular flexibility index (Phi) is 5.44. The van der Waals surface area contributed by atoms with Gasteiger partial charge in [0.2, 0.25) is 0 Å². The van der Waals surface area contributed by atoms with Crippen molar-refractivity contribution in [3.8, 4) is 0 Å². The number of benzene rings is 2. The Morgan fingerprint density at radius 3 is 2.50 bits per heavy atom. The van der Waals surface area contributed by atoms with Gasteiger partial charge in [0.25, 0.3) is 0 Å². The molecule has 0 bridgehead atoms. The van der Waals surface area contributed by atoms with Gasteiger partial charge in [0.05, 0.1) is 22.8 Å². The van der Waals surface area contributed by atoms with Crippen molar-refractivity contribution in [2.75, 3.05) is 7.11 Å². The highest BCUT2D eigenvalue weighted by atomic mass is 35.5. The summed E-state index contributed by atoms with van der Waals surface area (Å²) in [5.74, 6) is 0. The molecule has 2 rings (SSSR count). The molecular weight excluding hydrogens is 295 g/mol. The maximum atomic E-state index is 10.4. The van der Waals surface area contributed by atoms with Crippen molar-refractivity contribution in [2.24, 2.45) is 0 Å². The summed E-state index contributed by atoms with van der Waals surface area (Å²) in [7, 11) is 1.64. The monoisotopic (exact) mass is 310 g/mol. The minimum absolute atomic E-state index is 0.417. The first-order valence-electron chi connectivity index (χ1n) is 6.31. The molecule has 0 fully saturated rings. The molecule has 1 N–H and O–H groups in total. The molecule has 2 aromatic rings. The van der Waals surface area contributed by atoms with Crippen LogP contribution in [0.2, 0.25) is 10.0 Å². The molecule has 20 heavy (non-hydrogen) atoms. The van der Waals surface area contributed by atoms with Crippen molar-refractivity contribution in [3.05, 3.63) is 69.2 Å². The zero-order valence-electron chi connectivity index (χ0n) is 11.1. The standard InChI is InChI=1S/C16H16Cl2O2/c1-20-10-12-5-2-3-7-13(12)15(19)9-11-6-4-8-14(17)16(11)18/h2-8,15,19H,9-10H2,1H3. The molecule has 2 aromatic carbocycles. The van der Waals surface area contributed by atoms with E-state index in [4.69, 9.17) is 27.9 Å². The fourth-order valence-corrected chi connectivity index (χ4v) is 2.57. The van der Waals surface area contributed by atoms with E-state index in [2.05, 4.69) is 0 Å². The lowest BCUT2D eigenvalue weighted by Gasteiger charge is -2.16. The summed E-state index contributed by atoms with van der Waals surface area (Å²) in [5.41, 5.74) is 2.66. The van der Waals surface area contributed by atoms with Gasteiger partial charge in [0.15, 0.2) is 0 Å². The van der Waals surface area contributed by atoms with Gasteiger partial charge < -0.3 is 9.84 Å². The Morgan fingerprint density at radius 2 is 1.75 bits per heavy atom. The quantitative estimate of drug-likeness (QED) is 0.886. The van der Waals surface area contributed by atoms with Crippen LogP contribution in [0.15, 0.2) is 42.5 Å². The van der Waals surface area contributed by atoms with E-state index in [0.717, 1.165) is 16.7 Å². The highest BCUT2D eigenvalue weighted by Crippen LogP contribution is 2.30. The second-order valence-electron chi connectivity index (χ2n) is 4.56. The van der Waals surface area contributed by atoms with Crippen molar-refractivity contribution in [3.63, 3.8) is 0 Å². The molecule has 0 aliphatic heterocycles. The van der Waals surface area contributed by atoms with Gasteiger partial charge in [-0.15, -0.1) is 0 Å². The van der Waals surface area contributed by atoms with Crippen LogP contribution in [-0.4, -0.2) is 12.2 Å². The Labute approximate surface area is 128 Å². The Hall–Kier alpha value is -1.06. The molecular formula is C16H16Cl2O2. The minimum Gasteiger partial charge on any atom is -0.388 e. The molecule has 0 heterocycles. The summed E-state index contributed by atoms with van der Waals surface area (Å²) in [6.45, 7) is 0.469. The van der Waals surface area contributed by atoms with Gasteiger partial charge in [-0.3, -0.25) is 0 Å². The van der Waals surface area contributed by atoms with Crippen LogP contribution in [0.5, 0.6) is 0 Å². The molecule has 0 spiro atoms. The van der Waals surface area contributed by atoms with Gasteiger partial charge in [0.1, 0.15) is 0 Å². The fourth-order valence-electron chi connectivity index (χ4n) is 2.17. The van der Waals surface area contributed by atoms with E-state index in [-0.39, 0.29) is 0 Å². The zero-order valence-corrected chi connectivity index (χ0v) is 12.7. The molecule has 106 valence electrons. The number of hydrogen-bond donors (Lipinski definition) is 1. The number of aliphatic hydroxyl groups excluding tert-OH is 1. The summed E-state index contributed by atoms with van der Waals surface area (Å²) in [4.78, 5) is 0. The highest BCUT2D eigenvalue weighted by molar-refractivity contribution is 6.42. The van der Waals surface area contributed by atoms with Gasteiger partial charge in [0, 0.05) is 13.5 Å². The topological polar surface area (TPSA) is 29.5 Å². The van der Waals surface area contributed by atoms with E-state index < -0.39 is 6.10 Å². The van der Waals surface area contributed by atoms with Crippen molar-refractivity contribution in [2.45, 2.75) is 19.1 Å². The van der Waals surface area contributed by atoms with E-state index in [0.29, 0.717) is 23.1 Å². The van der Waals surface area contributed by atoms with Crippen LogP contribution >= 0.6 is 23.2 Å². The average Bonchev–Trinajstić information content (AvgIpc) is 2.45. The summed E-state index contributed by atoms with van der Waals surface area (Å²) in [6.07, 6.45) is -0.225. The van der Waals surface area contributed by atoms with E-state index in [9.17, 15) is 5.11 Å². The molecule has 0 aromatic heterocycles. The van der Waals surface area contributed by atoms with E-state index >= 15 is 0 Å². The number of hydrogen-bond acceptors (Lipinski definition) is 2. The summed E-state index contributed by atoms with van der Waals surface area (Å²) < 4.78 is 5.15. The number of aliphatic hydroxyl groups is 1. The van der Waals surface area contributed by atoms with Crippen LogP contribution in [0.1, 0.15) is 22.8 Å². The Balaban J connectivity index is 2.24. The SMILES string of the molecule is COCc1ccccc1C(O)Cc1cccc(Cl)c1Cl. The number of halogens is 2. The molecule has 1 unspecified atom stereocenters. The first kappa shape index (κ1) is 15.3. The summed E-state index contributed by atoms with van der Waals surface area (Å²) >= 11 is 12.1. The summed E-state index contributed by atoms with van der Waals surface area (Å²) in [6, 6.07) is 13.1. The fraction of sp³-hybridized carbons (Fsp3) is 0.250. The summed E-state index contributed by atoms with van der Waals surface area (Å²) in [5, 5.41) is 11.4. The molecule has 0 radical (unpaired) electrons. The van der Waals surface area contributed by atoms with Crippen LogP contribution in [-0.2, 0) is 17.8 Å². The Bertz CT molecular complexity index is 584. The smallest absolute Gasteiger partial charge is 0.0834 e. The number of ether oxygens (including phenoxy) is 1. The predicted molar refractivity (Wildman–Crippen MR) is 82.3 cm³/mol. The lowest BCUT2D eigenvalue weighted by molar-refractivity contribution is 0.161. The van der Waals surface area contributed by atoms with Gasteiger partial charge in [-0.2, -0.15) is 0 Å². The van der Waals surface area contributed by atoms with Crippen molar-refractivity contribution >= 4 is 23.2 Å². The van der Waals surface area contributed by atoms with Crippen molar-refractivity contribution in [1.82, 2.24) is 0 Å². The Morgan fingerprint density at radius 1 is 1.05 bits per heavy atom. The maximum Gasteiger partial charge on any atom is 0.0834 e. The van der Waals surface area contributed by atoms with Gasteiger partial charge in [-0.1, -0.05) is 59.6 Å². The predicted octanol–water partition coefficient (Wildman–Crippen LogP) is 4.42. The second-order valence-corrected chi connectivity index (χ2v) is 5.35. The van der Waals surface area contributed by atoms with Gasteiger partial charge in [-0.25, -0.2) is 0 Å². The largest absolute Gasteiger partial charge is 0.388 e. The van der Waals surface area contributed by atoms with Crippen LogP contribution in [0.3, 0.4) is 0 Å². The number of rotatable bonds is 5. The molecule has 4 heteroatoms. The van der Waals surface area contributed by atoms with Crippen LogP contribution in [0, 0.1) is 0 Å². The van der Waals surface area contributed by atoms with Gasteiger partial charge >= 0.3 is 0 Å². The third-order valence-electron chi connectivity index (χ3n) is 3.16. The molecule has 0 amide bonds. The molecule has 0 saturated heterocycles. The van der Waals surface area contributed by atoms with E-state index in [1.54, 1.807) is 13.2 Å². The van der Waals surface area contributed by atoms with Crippen LogP contribution < -0.4 is 0 Å². The first-order valence-corrected chi connectivity index (χ1v) is 7.06. The van der Waals surface area contributed by atoms with Crippen LogP contribution in [0.4, 0.5) is 0 Å². The maximum absolute atomic E-state index is 10.4. The number of methoxy groups -OCH3 is 1. The van der Waals surface area contributed by atoms with Crippen molar-refractivity contribution in [1.29, 1.82) is 0 Å². The van der Waals surface area contributed by atoms with E-state index in [1.165, 1.54) is 0 Å². The molecule has 1 atom stereocenters. The normalized spacial score (nSPS) is 12.4. The van der Waals surface area contributed by atoms with Crippen LogP contribution in [0.25, 0.3) is 0 Å². The lowest BCUT2D eigenvalue weighted by Crippen LogP contribution is -2.06. The third kappa shape index (κ3) is 3.53. The lowest BCUT2D eigenvalue weighted by atomic mass is 9.97. The highest BCUT2D eigenvalue weighted by Gasteiger charge is 2.15. The van der Waals surface area contributed by atoms with Gasteiger partial charge in [-0.05, 0) is 22.8 Å². The van der Waals surface area contributed by atoms with Crippen molar-refractivity contribution < 1.29 is 9.84 Å². The molecule has 0 aliphatic rings.